The number of piperazine rings is 1. The smallest absolute Gasteiger partial charge is 0.246 e. The van der Waals surface area contributed by atoms with E-state index in [1.165, 1.54) is 0 Å². The van der Waals surface area contributed by atoms with Crippen molar-refractivity contribution in [1.82, 2.24) is 10.2 Å². The Morgan fingerprint density at radius 3 is 2.30 bits per heavy atom. The molecule has 0 saturated carbocycles. The van der Waals surface area contributed by atoms with E-state index in [4.69, 9.17) is 0 Å². The number of hydrogen-bond acceptors (Lipinski definition) is 2. The highest BCUT2D eigenvalue weighted by molar-refractivity contribution is 5.99. The molecule has 0 aromatic heterocycles. The van der Waals surface area contributed by atoms with Gasteiger partial charge in [0.2, 0.25) is 11.8 Å². The summed E-state index contributed by atoms with van der Waals surface area (Å²) in [5.74, 6) is 0.184. The van der Waals surface area contributed by atoms with Crippen LogP contribution in [-0.2, 0) is 9.59 Å². The molecule has 0 aliphatic carbocycles. The quantitative estimate of drug-likeness (QED) is 0.861. The number of rotatable bonds is 4. The second-order valence-corrected chi connectivity index (χ2v) is 7.70. The average Bonchev–Trinajstić information content (AvgIpc) is 2.31. The maximum Gasteiger partial charge on any atom is 0.246 e. The maximum absolute atomic E-state index is 12.7. The maximum atomic E-state index is 12.7. The zero-order valence-electron chi connectivity index (χ0n) is 14.0. The molecule has 1 heterocycles. The molecule has 0 radical (unpaired) electrons. The SMILES string of the molecule is CCC(C)C1NC(=O)C(C)(C)N(CCC(C)(C)C)C1=O. The van der Waals surface area contributed by atoms with E-state index in [2.05, 4.69) is 26.1 Å². The van der Waals surface area contributed by atoms with Crippen molar-refractivity contribution in [3.8, 4) is 0 Å². The van der Waals surface area contributed by atoms with Gasteiger partial charge in [-0.1, -0.05) is 41.0 Å². The minimum absolute atomic E-state index is 0.0451. The van der Waals surface area contributed by atoms with Crippen molar-refractivity contribution in [3.63, 3.8) is 0 Å². The fourth-order valence-electron chi connectivity index (χ4n) is 2.40. The van der Waals surface area contributed by atoms with Gasteiger partial charge < -0.3 is 10.2 Å². The number of amides is 2. The van der Waals surface area contributed by atoms with Gasteiger partial charge in [0.1, 0.15) is 11.6 Å². The third-order valence-electron chi connectivity index (χ3n) is 4.35. The Kier molecular flexibility index (Phi) is 4.88. The van der Waals surface area contributed by atoms with Gasteiger partial charge in [0.05, 0.1) is 0 Å². The molecule has 2 unspecified atom stereocenters. The molecule has 1 saturated heterocycles. The van der Waals surface area contributed by atoms with Crippen LogP contribution in [0.15, 0.2) is 0 Å². The molecule has 116 valence electrons. The highest BCUT2D eigenvalue weighted by atomic mass is 16.2. The molecular weight excluding hydrogens is 252 g/mol. The van der Waals surface area contributed by atoms with Crippen LogP contribution in [0.25, 0.3) is 0 Å². The van der Waals surface area contributed by atoms with E-state index in [0.717, 1.165) is 12.8 Å². The summed E-state index contributed by atoms with van der Waals surface area (Å²) in [7, 11) is 0. The molecule has 0 bridgehead atoms. The first-order chi connectivity index (χ1) is 9.00. The lowest BCUT2D eigenvalue weighted by atomic mass is 9.87. The minimum Gasteiger partial charge on any atom is -0.342 e. The van der Waals surface area contributed by atoms with Gasteiger partial charge in [-0.15, -0.1) is 0 Å². The lowest BCUT2D eigenvalue weighted by Gasteiger charge is -2.46. The van der Waals surface area contributed by atoms with E-state index in [0.29, 0.717) is 6.54 Å². The summed E-state index contributed by atoms with van der Waals surface area (Å²) in [6, 6.07) is -0.375. The second-order valence-electron chi connectivity index (χ2n) is 7.70. The minimum atomic E-state index is -0.758. The van der Waals surface area contributed by atoms with E-state index >= 15 is 0 Å². The predicted octanol–water partition coefficient (Wildman–Crippen LogP) is 2.57. The van der Waals surface area contributed by atoms with Crippen molar-refractivity contribution < 1.29 is 9.59 Å². The molecule has 1 aliphatic heterocycles. The first-order valence-electron chi connectivity index (χ1n) is 7.63. The van der Waals surface area contributed by atoms with Gasteiger partial charge in [0.15, 0.2) is 0 Å². The molecule has 1 N–H and O–H groups in total. The molecule has 2 amide bonds. The van der Waals surface area contributed by atoms with Crippen LogP contribution >= 0.6 is 0 Å². The fraction of sp³-hybridized carbons (Fsp3) is 0.875. The lowest BCUT2D eigenvalue weighted by Crippen LogP contribution is -2.69. The van der Waals surface area contributed by atoms with Crippen LogP contribution in [-0.4, -0.2) is 34.8 Å². The molecule has 0 spiro atoms. The van der Waals surface area contributed by atoms with Gasteiger partial charge in [-0.05, 0) is 31.6 Å². The molecule has 1 fully saturated rings. The fourth-order valence-corrected chi connectivity index (χ4v) is 2.40. The first-order valence-corrected chi connectivity index (χ1v) is 7.63. The lowest BCUT2D eigenvalue weighted by molar-refractivity contribution is -0.157. The van der Waals surface area contributed by atoms with Crippen molar-refractivity contribution in [2.24, 2.45) is 11.3 Å². The molecule has 1 aliphatic rings. The Hall–Kier alpha value is -1.06. The van der Waals surface area contributed by atoms with Gasteiger partial charge in [-0.2, -0.15) is 0 Å². The molecule has 20 heavy (non-hydrogen) atoms. The zero-order chi connectivity index (χ0) is 15.7. The Labute approximate surface area is 123 Å². The van der Waals surface area contributed by atoms with Gasteiger partial charge in [0.25, 0.3) is 0 Å². The Morgan fingerprint density at radius 1 is 1.30 bits per heavy atom. The van der Waals surface area contributed by atoms with Crippen LogP contribution in [0.2, 0.25) is 0 Å². The number of carbonyl (C=O) groups excluding carboxylic acids is 2. The largest absolute Gasteiger partial charge is 0.342 e. The van der Waals surface area contributed by atoms with Crippen molar-refractivity contribution in [3.05, 3.63) is 0 Å². The Morgan fingerprint density at radius 2 is 1.85 bits per heavy atom. The highest BCUT2D eigenvalue weighted by Gasteiger charge is 2.47. The Balaban J connectivity index is 2.96. The third-order valence-corrected chi connectivity index (χ3v) is 4.35. The number of nitrogens with zero attached hydrogens (tertiary/aromatic N) is 1. The average molecular weight is 282 g/mol. The standard InChI is InChI=1S/C16H30N2O2/c1-8-11(2)12-13(19)18(10-9-15(3,4)5)16(6,7)14(20)17-12/h11-12H,8-10H2,1-7H3,(H,17,20). The summed E-state index contributed by atoms with van der Waals surface area (Å²) in [5, 5.41) is 2.90. The van der Waals surface area contributed by atoms with E-state index < -0.39 is 5.54 Å². The summed E-state index contributed by atoms with van der Waals surface area (Å²) < 4.78 is 0. The van der Waals surface area contributed by atoms with E-state index in [1.807, 2.05) is 27.7 Å². The van der Waals surface area contributed by atoms with Gasteiger partial charge in [-0.3, -0.25) is 9.59 Å². The van der Waals surface area contributed by atoms with Crippen LogP contribution in [0.4, 0.5) is 0 Å². The Bertz CT molecular complexity index is 382. The van der Waals surface area contributed by atoms with Crippen LogP contribution in [0.5, 0.6) is 0 Å². The number of carbonyl (C=O) groups is 2. The van der Waals surface area contributed by atoms with Crippen molar-refractivity contribution in [1.29, 1.82) is 0 Å². The van der Waals surface area contributed by atoms with Gasteiger partial charge in [-0.25, -0.2) is 0 Å². The van der Waals surface area contributed by atoms with Crippen molar-refractivity contribution in [2.45, 2.75) is 72.9 Å². The molecule has 0 aromatic carbocycles. The summed E-state index contributed by atoms with van der Waals surface area (Å²) in [6.45, 7) is 14.8. The normalized spacial score (nSPS) is 24.6. The van der Waals surface area contributed by atoms with Gasteiger partial charge in [0, 0.05) is 6.54 Å². The summed E-state index contributed by atoms with van der Waals surface area (Å²) in [4.78, 5) is 26.8. The van der Waals surface area contributed by atoms with Gasteiger partial charge >= 0.3 is 0 Å². The summed E-state index contributed by atoms with van der Waals surface area (Å²) in [5.41, 5.74) is -0.609. The van der Waals surface area contributed by atoms with E-state index in [9.17, 15) is 9.59 Å². The van der Waals surface area contributed by atoms with E-state index in [-0.39, 0.29) is 29.2 Å². The number of hydrogen-bond donors (Lipinski definition) is 1. The topological polar surface area (TPSA) is 49.4 Å². The molecular formula is C16H30N2O2. The summed E-state index contributed by atoms with van der Waals surface area (Å²) >= 11 is 0. The van der Waals surface area contributed by atoms with Crippen molar-refractivity contribution >= 4 is 11.8 Å². The zero-order valence-corrected chi connectivity index (χ0v) is 14.0. The van der Waals surface area contributed by atoms with E-state index in [1.54, 1.807) is 4.90 Å². The predicted molar refractivity (Wildman–Crippen MR) is 81.2 cm³/mol. The van der Waals surface area contributed by atoms with Crippen LogP contribution in [0.1, 0.15) is 61.3 Å². The van der Waals surface area contributed by atoms with Crippen molar-refractivity contribution in [2.75, 3.05) is 6.54 Å². The molecule has 1 rings (SSSR count). The highest BCUT2D eigenvalue weighted by Crippen LogP contribution is 2.28. The molecule has 4 heteroatoms. The molecule has 2 atom stereocenters. The third kappa shape index (κ3) is 3.53. The second kappa shape index (κ2) is 5.74. The van der Waals surface area contributed by atoms with Crippen LogP contribution in [0, 0.1) is 11.3 Å². The molecule has 0 aromatic rings. The van der Waals surface area contributed by atoms with Crippen LogP contribution in [0.3, 0.4) is 0 Å². The van der Waals surface area contributed by atoms with Crippen LogP contribution < -0.4 is 5.32 Å². The first kappa shape index (κ1) is 17.0. The molecule has 4 nitrogen and oxygen atoms in total. The number of nitrogens with one attached hydrogen (secondary N) is 1. The monoisotopic (exact) mass is 282 g/mol. The summed E-state index contributed by atoms with van der Waals surface area (Å²) in [6.07, 6.45) is 1.77.